The quantitative estimate of drug-likeness (QED) is 0.733. The molecule has 0 fully saturated rings. The van der Waals surface area contributed by atoms with E-state index in [9.17, 15) is 9.50 Å². The third-order valence-corrected chi connectivity index (χ3v) is 1.88. The molecule has 0 spiro atoms. The summed E-state index contributed by atoms with van der Waals surface area (Å²) in [5.74, 6) is -0.231. The molecule has 1 atom stereocenters. The van der Waals surface area contributed by atoms with Crippen LogP contribution in [0.2, 0.25) is 0 Å². The molecule has 0 unspecified atom stereocenters. The van der Waals surface area contributed by atoms with Crippen LogP contribution in [0.5, 0.6) is 0 Å². The van der Waals surface area contributed by atoms with Crippen molar-refractivity contribution in [3.05, 3.63) is 35.6 Å². The molecule has 0 aliphatic carbocycles. The first-order valence-corrected chi connectivity index (χ1v) is 4.15. The van der Waals surface area contributed by atoms with Crippen molar-refractivity contribution in [1.29, 1.82) is 0 Å². The fourth-order valence-corrected chi connectivity index (χ4v) is 1.06. The number of hydrogen-bond acceptors (Lipinski definition) is 1. The van der Waals surface area contributed by atoms with E-state index in [1.807, 2.05) is 6.92 Å². The monoisotopic (exact) mass is 168 g/mol. The molecule has 0 aliphatic rings. The van der Waals surface area contributed by atoms with Gasteiger partial charge in [0.25, 0.3) is 0 Å². The highest BCUT2D eigenvalue weighted by Crippen LogP contribution is 2.10. The molecule has 12 heavy (non-hydrogen) atoms. The van der Waals surface area contributed by atoms with Crippen LogP contribution in [0.1, 0.15) is 18.9 Å². The molecule has 0 heterocycles. The van der Waals surface area contributed by atoms with Crippen LogP contribution in [0.3, 0.4) is 0 Å². The van der Waals surface area contributed by atoms with E-state index in [4.69, 9.17) is 0 Å². The van der Waals surface area contributed by atoms with E-state index < -0.39 is 6.10 Å². The Morgan fingerprint density at radius 2 is 2.08 bits per heavy atom. The lowest BCUT2D eigenvalue weighted by molar-refractivity contribution is 0.169. The zero-order valence-electron chi connectivity index (χ0n) is 7.13. The van der Waals surface area contributed by atoms with Crippen molar-refractivity contribution >= 4 is 0 Å². The van der Waals surface area contributed by atoms with Gasteiger partial charge in [0.2, 0.25) is 0 Å². The van der Waals surface area contributed by atoms with Crippen molar-refractivity contribution in [2.75, 3.05) is 0 Å². The molecule has 0 bridgehead atoms. The molecule has 1 aromatic carbocycles. The van der Waals surface area contributed by atoms with Crippen LogP contribution in [0.15, 0.2) is 24.3 Å². The summed E-state index contributed by atoms with van der Waals surface area (Å²) in [6.07, 6.45) is 0.638. The molecular formula is C10H13FO. The molecule has 2 heteroatoms. The average Bonchev–Trinajstić information content (AvgIpc) is 2.09. The molecule has 1 rings (SSSR count). The van der Waals surface area contributed by atoms with E-state index in [-0.39, 0.29) is 5.82 Å². The zero-order valence-corrected chi connectivity index (χ0v) is 7.13. The molecule has 0 radical (unpaired) electrons. The largest absolute Gasteiger partial charge is 0.393 e. The van der Waals surface area contributed by atoms with E-state index in [1.165, 1.54) is 6.07 Å². The standard InChI is InChI=1S/C10H13FO/c1-2-9(12)7-8-5-3-4-6-10(8)11/h3-6,9,12H,2,7H2,1H3/t9-/m0/s1. The molecule has 0 aromatic heterocycles. The fourth-order valence-electron chi connectivity index (χ4n) is 1.06. The van der Waals surface area contributed by atoms with E-state index in [1.54, 1.807) is 18.2 Å². The first-order chi connectivity index (χ1) is 5.74. The summed E-state index contributed by atoms with van der Waals surface area (Å²) in [7, 11) is 0. The van der Waals surface area contributed by atoms with Gasteiger partial charge in [-0.05, 0) is 18.1 Å². The van der Waals surface area contributed by atoms with Gasteiger partial charge < -0.3 is 5.11 Å². The molecule has 0 amide bonds. The Labute approximate surface area is 71.9 Å². The van der Waals surface area contributed by atoms with Gasteiger partial charge in [-0.15, -0.1) is 0 Å². The Kier molecular flexibility index (Phi) is 3.23. The lowest BCUT2D eigenvalue weighted by Crippen LogP contribution is -2.09. The van der Waals surface area contributed by atoms with Crippen molar-refractivity contribution in [3.63, 3.8) is 0 Å². The second-order valence-corrected chi connectivity index (χ2v) is 2.86. The van der Waals surface area contributed by atoms with Crippen LogP contribution < -0.4 is 0 Å². The molecule has 0 saturated carbocycles. The maximum Gasteiger partial charge on any atom is 0.126 e. The fraction of sp³-hybridized carbons (Fsp3) is 0.400. The van der Waals surface area contributed by atoms with Gasteiger partial charge in [-0.25, -0.2) is 4.39 Å². The molecule has 66 valence electrons. The minimum absolute atomic E-state index is 0.231. The number of hydrogen-bond donors (Lipinski definition) is 1. The van der Waals surface area contributed by atoms with Crippen molar-refractivity contribution in [2.24, 2.45) is 0 Å². The van der Waals surface area contributed by atoms with Gasteiger partial charge in [-0.3, -0.25) is 0 Å². The predicted molar refractivity (Wildman–Crippen MR) is 46.4 cm³/mol. The topological polar surface area (TPSA) is 20.2 Å². The lowest BCUT2D eigenvalue weighted by Gasteiger charge is -2.07. The Balaban J connectivity index is 2.69. The summed E-state index contributed by atoms with van der Waals surface area (Å²) in [5.41, 5.74) is 0.590. The number of halogens is 1. The van der Waals surface area contributed by atoms with Gasteiger partial charge in [-0.2, -0.15) is 0 Å². The van der Waals surface area contributed by atoms with Crippen molar-refractivity contribution < 1.29 is 9.50 Å². The summed E-state index contributed by atoms with van der Waals surface area (Å²) in [6.45, 7) is 1.88. The summed E-state index contributed by atoms with van der Waals surface area (Å²) in [5, 5.41) is 9.27. The second kappa shape index (κ2) is 4.21. The number of aliphatic hydroxyl groups is 1. The Hall–Kier alpha value is -0.890. The zero-order chi connectivity index (χ0) is 8.97. The Morgan fingerprint density at radius 3 is 2.67 bits per heavy atom. The van der Waals surface area contributed by atoms with Gasteiger partial charge in [-0.1, -0.05) is 25.1 Å². The van der Waals surface area contributed by atoms with Crippen LogP contribution >= 0.6 is 0 Å². The minimum Gasteiger partial charge on any atom is -0.393 e. The van der Waals surface area contributed by atoms with Gasteiger partial charge in [0.1, 0.15) is 5.82 Å². The van der Waals surface area contributed by atoms with Crippen LogP contribution in [-0.2, 0) is 6.42 Å². The number of rotatable bonds is 3. The molecule has 0 aliphatic heterocycles. The lowest BCUT2D eigenvalue weighted by atomic mass is 10.1. The second-order valence-electron chi connectivity index (χ2n) is 2.86. The highest BCUT2D eigenvalue weighted by Gasteiger charge is 2.05. The van der Waals surface area contributed by atoms with Gasteiger partial charge in [0, 0.05) is 6.42 Å². The summed E-state index contributed by atoms with van der Waals surface area (Å²) in [6, 6.07) is 6.55. The average molecular weight is 168 g/mol. The third kappa shape index (κ3) is 2.31. The summed E-state index contributed by atoms with van der Waals surface area (Å²) >= 11 is 0. The maximum atomic E-state index is 13.0. The summed E-state index contributed by atoms with van der Waals surface area (Å²) < 4.78 is 13.0. The molecule has 1 aromatic rings. The molecule has 1 N–H and O–H groups in total. The van der Waals surface area contributed by atoms with Crippen LogP contribution in [-0.4, -0.2) is 11.2 Å². The van der Waals surface area contributed by atoms with E-state index in [0.29, 0.717) is 18.4 Å². The minimum atomic E-state index is -0.429. The Bertz CT molecular complexity index is 247. The van der Waals surface area contributed by atoms with Gasteiger partial charge in [0.05, 0.1) is 6.10 Å². The molecule has 0 saturated heterocycles. The van der Waals surface area contributed by atoms with Crippen molar-refractivity contribution in [1.82, 2.24) is 0 Å². The molecular weight excluding hydrogens is 155 g/mol. The predicted octanol–water partition coefficient (Wildman–Crippen LogP) is 2.14. The van der Waals surface area contributed by atoms with Crippen LogP contribution in [0.4, 0.5) is 4.39 Å². The van der Waals surface area contributed by atoms with E-state index in [2.05, 4.69) is 0 Å². The maximum absolute atomic E-state index is 13.0. The summed E-state index contributed by atoms with van der Waals surface area (Å²) in [4.78, 5) is 0. The Morgan fingerprint density at radius 1 is 1.42 bits per heavy atom. The normalized spacial score (nSPS) is 12.9. The highest BCUT2D eigenvalue weighted by atomic mass is 19.1. The van der Waals surface area contributed by atoms with Crippen LogP contribution in [0.25, 0.3) is 0 Å². The van der Waals surface area contributed by atoms with Gasteiger partial charge in [0.15, 0.2) is 0 Å². The van der Waals surface area contributed by atoms with Gasteiger partial charge >= 0.3 is 0 Å². The first-order valence-electron chi connectivity index (χ1n) is 4.15. The third-order valence-electron chi connectivity index (χ3n) is 1.88. The van der Waals surface area contributed by atoms with E-state index in [0.717, 1.165) is 0 Å². The SMILES string of the molecule is CC[C@H](O)Cc1ccccc1F. The smallest absolute Gasteiger partial charge is 0.126 e. The highest BCUT2D eigenvalue weighted by molar-refractivity contribution is 5.17. The van der Waals surface area contributed by atoms with Crippen molar-refractivity contribution in [3.8, 4) is 0 Å². The number of aliphatic hydroxyl groups excluding tert-OH is 1. The van der Waals surface area contributed by atoms with Crippen LogP contribution in [0, 0.1) is 5.82 Å². The van der Waals surface area contributed by atoms with Crippen molar-refractivity contribution in [2.45, 2.75) is 25.9 Å². The first kappa shape index (κ1) is 9.20. The number of benzene rings is 1. The van der Waals surface area contributed by atoms with E-state index >= 15 is 0 Å². The molecule has 1 nitrogen and oxygen atoms in total.